The highest BCUT2D eigenvalue weighted by Crippen LogP contribution is 2.41. The second kappa shape index (κ2) is 4.14. The highest BCUT2D eigenvalue weighted by Gasteiger charge is 2.31. The lowest BCUT2D eigenvalue weighted by Gasteiger charge is -2.10. The molecule has 1 aromatic rings. The Labute approximate surface area is 85.8 Å². The summed E-state index contributed by atoms with van der Waals surface area (Å²) in [4.78, 5) is 0. The van der Waals surface area contributed by atoms with E-state index in [1.54, 1.807) is 0 Å². The third-order valence-corrected chi connectivity index (χ3v) is 3.55. The average molecular weight is 190 g/mol. The highest BCUT2D eigenvalue weighted by atomic mass is 16.3. The topological polar surface area (TPSA) is 20.2 Å². The number of hydrogen-bond donors (Lipinski definition) is 1. The fourth-order valence-corrected chi connectivity index (χ4v) is 2.59. The predicted octanol–water partition coefficient (Wildman–Crippen LogP) is 2.81. The monoisotopic (exact) mass is 190 g/mol. The molecular formula is C13H18O. The maximum absolute atomic E-state index is 9.20. The quantitative estimate of drug-likeness (QED) is 0.760. The molecule has 0 amide bonds. The molecule has 0 heterocycles. The summed E-state index contributed by atoms with van der Waals surface area (Å²) in [5.41, 5.74) is 1.44. The summed E-state index contributed by atoms with van der Waals surface area (Å²) >= 11 is 0. The van der Waals surface area contributed by atoms with Crippen molar-refractivity contribution in [1.82, 2.24) is 0 Å². The molecular weight excluding hydrogens is 172 g/mol. The molecule has 0 spiro atoms. The largest absolute Gasteiger partial charge is 0.396 e. The second-order valence-electron chi connectivity index (χ2n) is 4.50. The summed E-state index contributed by atoms with van der Waals surface area (Å²) in [5.74, 6) is 1.86. The van der Waals surface area contributed by atoms with Crippen molar-refractivity contribution in [3.63, 3.8) is 0 Å². The van der Waals surface area contributed by atoms with E-state index in [9.17, 15) is 5.11 Å². The molecule has 3 atom stereocenters. The highest BCUT2D eigenvalue weighted by molar-refractivity contribution is 5.20. The summed E-state index contributed by atoms with van der Waals surface area (Å²) in [5, 5.41) is 9.20. The van der Waals surface area contributed by atoms with E-state index < -0.39 is 0 Å². The van der Waals surface area contributed by atoms with Crippen LogP contribution in [0.5, 0.6) is 0 Å². The van der Waals surface area contributed by atoms with Crippen LogP contribution in [0.1, 0.15) is 31.2 Å². The van der Waals surface area contributed by atoms with E-state index in [4.69, 9.17) is 0 Å². The van der Waals surface area contributed by atoms with Crippen LogP contribution in [0, 0.1) is 11.8 Å². The minimum Gasteiger partial charge on any atom is -0.396 e. The van der Waals surface area contributed by atoms with Gasteiger partial charge >= 0.3 is 0 Å². The summed E-state index contributed by atoms with van der Waals surface area (Å²) in [6.07, 6.45) is 2.39. The van der Waals surface area contributed by atoms with Crippen molar-refractivity contribution in [2.24, 2.45) is 11.8 Å². The van der Waals surface area contributed by atoms with Crippen molar-refractivity contribution in [2.75, 3.05) is 6.61 Å². The van der Waals surface area contributed by atoms with Crippen LogP contribution in [0.4, 0.5) is 0 Å². The Morgan fingerprint density at radius 2 is 1.93 bits per heavy atom. The van der Waals surface area contributed by atoms with Gasteiger partial charge in [-0.25, -0.2) is 0 Å². The first-order chi connectivity index (χ1) is 6.81. The molecule has 1 aliphatic rings. The molecule has 0 bridgehead atoms. The van der Waals surface area contributed by atoms with Gasteiger partial charge in [0.15, 0.2) is 0 Å². The van der Waals surface area contributed by atoms with Crippen molar-refractivity contribution < 1.29 is 5.11 Å². The molecule has 1 aliphatic carbocycles. The zero-order valence-electron chi connectivity index (χ0n) is 8.69. The van der Waals surface area contributed by atoms with E-state index in [0.717, 1.165) is 6.42 Å². The number of rotatable bonds is 2. The lowest BCUT2D eigenvalue weighted by molar-refractivity contribution is 0.201. The normalized spacial score (nSPS) is 32.0. The van der Waals surface area contributed by atoms with Gasteiger partial charge in [0.25, 0.3) is 0 Å². The SMILES string of the molecule is C[C@H]1C[C@@H](c2ccccc2)C[C@@H]1CO. The fourth-order valence-electron chi connectivity index (χ4n) is 2.59. The Kier molecular flexibility index (Phi) is 2.87. The van der Waals surface area contributed by atoms with Gasteiger partial charge < -0.3 is 5.11 Å². The standard InChI is InChI=1S/C13H18O/c1-10-7-12(8-13(10)9-14)11-5-3-2-4-6-11/h2-6,10,12-14H,7-9H2,1H3/t10-,12+,13+/m0/s1. The third kappa shape index (κ3) is 1.83. The Balaban J connectivity index is 2.09. The van der Waals surface area contributed by atoms with E-state index in [1.165, 1.54) is 12.0 Å². The Hall–Kier alpha value is -0.820. The van der Waals surface area contributed by atoms with Crippen LogP contribution in [0.25, 0.3) is 0 Å². The Morgan fingerprint density at radius 1 is 1.21 bits per heavy atom. The molecule has 1 saturated carbocycles. The van der Waals surface area contributed by atoms with Gasteiger partial charge in [-0.1, -0.05) is 37.3 Å². The van der Waals surface area contributed by atoms with E-state index in [-0.39, 0.29) is 0 Å². The van der Waals surface area contributed by atoms with E-state index >= 15 is 0 Å². The maximum atomic E-state index is 9.20. The average Bonchev–Trinajstić information content (AvgIpc) is 2.61. The van der Waals surface area contributed by atoms with E-state index in [0.29, 0.717) is 24.4 Å². The molecule has 1 N–H and O–H groups in total. The molecule has 76 valence electrons. The van der Waals surface area contributed by atoms with Crippen molar-refractivity contribution in [3.05, 3.63) is 35.9 Å². The second-order valence-corrected chi connectivity index (χ2v) is 4.50. The number of aliphatic hydroxyl groups excluding tert-OH is 1. The molecule has 0 aromatic heterocycles. The predicted molar refractivity (Wildman–Crippen MR) is 58.2 cm³/mol. The van der Waals surface area contributed by atoms with Gasteiger partial charge in [0.1, 0.15) is 0 Å². The van der Waals surface area contributed by atoms with Gasteiger partial charge in [-0.15, -0.1) is 0 Å². The summed E-state index contributed by atoms with van der Waals surface area (Å²) in [6, 6.07) is 10.7. The molecule has 0 unspecified atom stereocenters. The van der Waals surface area contributed by atoms with Crippen LogP contribution in [0.2, 0.25) is 0 Å². The van der Waals surface area contributed by atoms with E-state index in [1.807, 2.05) is 0 Å². The van der Waals surface area contributed by atoms with Crippen LogP contribution in [0.15, 0.2) is 30.3 Å². The summed E-state index contributed by atoms with van der Waals surface area (Å²) in [7, 11) is 0. The molecule has 1 heteroatoms. The van der Waals surface area contributed by atoms with Crippen LogP contribution < -0.4 is 0 Å². The third-order valence-electron chi connectivity index (χ3n) is 3.55. The molecule has 0 aliphatic heterocycles. The van der Waals surface area contributed by atoms with E-state index in [2.05, 4.69) is 37.3 Å². The van der Waals surface area contributed by atoms with Crippen LogP contribution in [-0.2, 0) is 0 Å². The Bertz CT molecular complexity index is 281. The van der Waals surface area contributed by atoms with Crippen molar-refractivity contribution in [1.29, 1.82) is 0 Å². The fraction of sp³-hybridized carbons (Fsp3) is 0.538. The molecule has 0 saturated heterocycles. The lowest BCUT2D eigenvalue weighted by Crippen LogP contribution is -2.07. The minimum atomic E-state index is 0.352. The first-order valence-corrected chi connectivity index (χ1v) is 5.47. The smallest absolute Gasteiger partial charge is 0.0462 e. The Morgan fingerprint density at radius 3 is 2.50 bits per heavy atom. The molecule has 1 nitrogen and oxygen atoms in total. The minimum absolute atomic E-state index is 0.352. The van der Waals surface area contributed by atoms with Gasteiger partial charge in [-0.3, -0.25) is 0 Å². The van der Waals surface area contributed by atoms with Crippen molar-refractivity contribution >= 4 is 0 Å². The van der Waals surface area contributed by atoms with Crippen LogP contribution >= 0.6 is 0 Å². The van der Waals surface area contributed by atoms with Crippen molar-refractivity contribution in [3.8, 4) is 0 Å². The zero-order chi connectivity index (χ0) is 9.97. The molecule has 1 fully saturated rings. The molecule has 2 rings (SSSR count). The van der Waals surface area contributed by atoms with Gasteiger partial charge in [-0.05, 0) is 36.2 Å². The first kappa shape index (κ1) is 9.72. The first-order valence-electron chi connectivity index (χ1n) is 5.47. The van der Waals surface area contributed by atoms with Crippen molar-refractivity contribution in [2.45, 2.75) is 25.7 Å². The lowest BCUT2D eigenvalue weighted by atomic mass is 9.97. The summed E-state index contributed by atoms with van der Waals surface area (Å²) in [6.45, 7) is 2.61. The van der Waals surface area contributed by atoms with Crippen LogP contribution in [0.3, 0.4) is 0 Å². The summed E-state index contributed by atoms with van der Waals surface area (Å²) < 4.78 is 0. The molecule has 14 heavy (non-hydrogen) atoms. The molecule has 1 aromatic carbocycles. The number of aliphatic hydroxyl groups is 1. The van der Waals surface area contributed by atoms with Gasteiger partial charge in [0, 0.05) is 6.61 Å². The molecule has 0 radical (unpaired) electrons. The number of hydrogen-bond acceptors (Lipinski definition) is 1. The van der Waals surface area contributed by atoms with Gasteiger partial charge in [0.05, 0.1) is 0 Å². The maximum Gasteiger partial charge on any atom is 0.0462 e. The number of benzene rings is 1. The van der Waals surface area contributed by atoms with Crippen LogP contribution in [-0.4, -0.2) is 11.7 Å². The van der Waals surface area contributed by atoms with Gasteiger partial charge in [-0.2, -0.15) is 0 Å². The zero-order valence-corrected chi connectivity index (χ0v) is 8.69. The van der Waals surface area contributed by atoms with Gasteiger partial charge in [0.2, 0.25) is 0 Å².